The fourth-order valence-electron chi connectivity index (χ4n) is 2.19. The van der Waals surface area contributed by atoms with Gasteiger partial charge in [-0.25, -0.2) is 4.79 Å². The van der Waals surface area contributed by atoms with Crippen molar-refractivity contribution in [1.82, 2.24) is 9.55 Å². The Kier molecular flexibility index (Phi) is 4.57. The highest BCUT2D eigenvalue weighted by atomic mass is 35.5. The third-order valence-corrected chi connectivity index (χ3v) is 3.63. The van der Waals surface area contributed by atoms with E-state index in [9.17, 15) is 14.4 Å². The van der Waals surface area contributed by atoms with Gasteiger partial charge in [0.05, 0.1) is 23.9 Å². The molecule has 1 aromatic heterocycles. The fraction of sp³-hybridized carbons (Fsp3) is 0.267. The summed E-state index contributed by atoms with van der Waals surface area (Å²) in [6.45, 7) is 0.777. The first-order chi connectivity index (χ1) is 11.5. The Morgan fingerprint density at radius 1 is 1.25 bits per heavy atom. The molecule has 0 fully saturated rings. The summed E-state index contributed by atoms with van der Waals surface area (Å²) in [5, 5.41) is 2.91. The molecular formula is C15H14ClN3O5. The van der Waals surface area contributed by atoms with Crippen LogP contribution in [0.4, 0.5) is 5.69 Å². The Morgan fingerprint density at radius 2 is 1.96 bits per heavy atom. The summed E-state index contributed by atoms with van der Waals surface area (Å²) in [7, 11) is 0. The van der Waals surface area contributed by atoms with Crippen molar-refractivity contribution in [3.8, 4) is 11.5 Å². The molecule has 0 bridgehead atoms. The molecule has 2 heterocycles. The number of ether oxygens (including phenoxy) is 2. The van der Waals surface area contributed by atoms with Gasteiger partial charge < -0.3 is 14.8 Å². The van der Waals surface area contributed by atoms with E-state index in [4.69, 9.17) is 21.1 Å². The standard InChI is InChI=1S/C15H14ClN3O5/c16-9-6-11-12(24-5-1-4-23-11)7-10(9)17-14(21)8-19-3-2-13(20)18-15(19)22/h2-3,6-7H,1,4-5,8H2,(H,17,21)(H,18,20,22). The second kappa shape index (κ2) is 6.79. The predicted molar refractivity (Wildman–Crippen MR) is 87.0 cm³/mol. The first-order valence-corrected chi connectivity index (χ1v) is 7.59. The van der Waals surface area contributed by atoms with Crippen LogP contribution >= 0.6 is 11.6 Å². The molecule has 0 atom stereocenters. The largest absolute Gasteiger partial charge is 0.490 e. The zero-order chi connectivity index (χ0) is 17.1. The Hall–Kier alpha value is -2.74. The van der Waals surface area contributed by atoms with E-state index in [0.717, 1.165) is 17.1 Å². The number of aromatic nitrogens is 2. The maximum Gasteiger partial charge on any atom is 0.328 e. The topological polar surface area (TPSA) is 102 Å². The van der Waals surface area contributed by atoms with Crippen LogP contribution < -0.4 is 26.0 Å². The number of aromatic amines is 1. The van der Waals surface area contributed by atoms with Crippen LogP contribution in [0.1, 0.15) is 6.42 Å². The molecule has 1 amide bonds. The van der Waals surface area contributed by atoms with Crippen molar-refractivity contribution >= 4 is 23.2 Å². The lowest BCUT2D eigenvalue weighted by Crippen LogP contribution is -2.32. The van der Waals surface area contributed by atoms with E-state index in [-0.39, 0.29) is 6.54 Å². The van der Waals surface area contributed by atoms with Gasteiger partial charge in [0.25, 0.3) is 5.56 Å². The molecule has 126 valence electrons. The Bertz CT molecular complexity index is 889. The van der Waals surface area contributed by atoms with E-state index >= 15 is 0 Å². The molecule has 1 aliphatic heterocycles. The van der Waals surface area contributed by atoms with E-state index in [1.807, 2.05) is 0 Å². The number of nitrogens with zero attached hydrogens (tertiary/aromatic N) is 1. The number of fused-ring (bicyclic) bond motifs is 1. The summed E-state index contributed by atoms with van der Waals surface area (Å²) in [6.07, 6.45) is 2.00. The number of H-pyrrole nitrogens is 1. The molecule has 24 heavy (non-hydrogen) atoms. The maximum atomic E-state index is 12.1. The summed E-state index contributed by atoms with van der Waals surface area (Å²) < 4.78 is 12.1. The smallest absolute Gasteiger partial charge is 0.328 e. The van der Waals surface area contributed by atoms with Crippen molar-refractivity contribution in [2.45, 2.75) is 13.0 Å². The van der Waals surface area contributed by atoms with Crippen LogP contribution in [-0.2, 0) is 11.3 Å². The lowest BCUT2D eigenvalue weighted by Gasteiger charge is -2.12. The van der Waals surface area contributed by atoms with Gasteiger partial charge in [-0.15, -0.1) is 0 Å². The summed E-state index contributed by atoms with van der Waals surface area (Å²) in [5.74, 6) is 0.543. The highest BCUT2D eigenvalue weighted by molar-refractivity contribution is 6.34. The van der Waals surface area contributed by atoms with Crippen LogP contribution in [0.25, 0.3) is 0 Å². The molecule has 1 aromatic carbocycles. The van der Waals surface area contributed by atoms with Crippen molar-refractivity contribution < 1.29 is 14.3 Å². The van der Waals surface area contributed by atoms with Crippen LogP contribution in [0.15, 0.2) is 34.0 Å². The Labute approximate surface area is 141 Å². The average Bonchev–Trinajstić information content (AvgIpc) is 2.75. The van der Waals surface area contributed by atoms with Crippen molar-refractivity contribution in [3.05, 3.63) is 50.3 Å². The molecule has 0 spiro atoms. The van der Waals surface area contributed by atoms with Crippen LogP contribution in [-0.4, -0.2) is 28.7 Å². The number of amides is 1. The lowest BCUT2D eigenvalue weighted by molar-refractivity contribution is -0.116. The van der Waals surface area contributed by atoms with E-state index in [2.05, 4.69) is 10.3 Å². The fourth-order valence-corrected chi connectivity index (χ4v) is 2.39. The molecule has 0 unspecified atom stereocenters. The molecule has 0 saturated carbocycles. The van der Waals surface area contributed by atoms with Crippen molar-refractivity contribution in [2.24, 2.45) is 0 Å². The van der Waals surface area contributed by atoms with Gasteiger partial charge in [0.2, 0.25) is 5.91 Å². The monoisotopic (exact) mass is 351 g/mol. The van der Waals surface area contributed by atoms with Crippen LogP contribution in [0, 0.1) is 0 Å². The van der Waals surface area contributed by atoms with Crippen LogP contribution in [0.2, 0.25) is 5.02 Å². The van der Waals surface area contributed by atoms with Crippen molar-refractivity contribution in [1.29, 1.82) is 0 Å². The van der Waals surface area contributed by atoms with Gasteiger partial charge in [-0.3, -0.25) is 19.1 Å². The molecule has 3 rings (SSSR count). The SMILES string of the molecule is O=C(Cn1ccc(=O)[nH]c1=O)Nc1cc2c(cc1Cl)OCCCO2. The Morgan fingerprint density at radius 3 is 2.67 bits per heavy atom. The minimum absolute atomic E-state index is 0.264. The predicted octanol–water partition coefficient (Wildman–Crippen LogP) is 0.990. The van der Waals surface area contributed by atoms with Gasteiger partial charge in [0.15, 0.2) is 11.5 Å². The third kappa shape index (κ3) is 3.60. The van der Waals surface area contributed by atoms with E-state index in [1.165, 1.54) is 6.20 Å². The number of hydrogen-bond donors (Lipinski definition) is 2. The molecule has 1 aliphatic rings. The van der Waals surface area contributed by atoms with Gasteiger partial charge >= 0.3 is 5.69 Å². The molecule has 9 heteroatoms. The highest BCUT2D eigenvalue weighted by Crippen LogP contribution is 2.37. The van der Waals surface area contributed by atoms with Crippen molar-refractivity contribution in [3.63, 3.8) is 0 Å². The molecular weight excluding hydrogens is 338 g/mol. The van der Waals surface area contributed by atoms with Gasteiger partial charge in [0, 0.05) is 30.8 Å². The van der Waals surface area contributed by atoms with E-state index in [0.29, 0.717) is 35.4 Å². The third-order valence-electron chi connectivity index (χ3n) is 3.32. The van der Waals surface area contributed by atoms with Gasteiger partial charge in [0.1, 0.15) is 6.54 Å². The summed E-state index contributed by atoms with van der Waals surface area (Å²) in [4.78, 5) is 36.8. The minimum Gasteiger partial charge on any atom is -0.490 e. The first-order valence-electron chi connectivity index (χ1n) is 7.22. The number of carbonyl (C=O) groups is 1. The first kappa shape index (κ1) is 16.1. The van der Waals surface area contributed by atoms with E-state index < -0.39 is 17.2 Å². The van der Waals surface area contributed by atoms with Crippen LogP contribution in [0.3, 0.4) is 0 Å². The number of halogens is 1. The minimum atomic E-state index is -0.664. The summed E-state index contributed by atoms with van der Waals surface area (Å²) in [5.41, 5.74) is -0.839. The summed E-state index contributed by atoms with van der Waals surface area (Å²) in [6, 6.07) is 4.32. The van der Waals surface area contributed by atoms with Gasteiger partial charge in [-0.05, 0) is 0 Å². The zero-order valence-corrected chi connectivity index (χ0v) is 13.3. The number of rotatable bonds is 3. The number of nitrogens with one attached hydrogen (secondary N) is 2. The highest BCUT2D eigenvalue weighted by Gasteiger charge is 2.16. The zero-order valence-electron chi connectivity index (χ0n) is 12.5. The number of anilines is 1. The summed E-state index contributed by atoms with van der Waals surface area (Å²) >= 11 is 6.15. The molecule has 0 radical (unpaired) electrons. The van der Waals surface area contributed by atoms with Crippen LogP contribution in [0.5, 0.6) is 11.5 Å². The second-order valence-corrected chi connectivity index (χ2v) is 5.52. The average molecular weight is 352 g/mol. The normalized spacial score (nSPS) is 13.2. The molecule has 2 aromatic rings. The Balaban J connectivity index is 1.78. The van der Waals surface area contributed by atoms with Gasteiger partial charge in [-0.1, -0.05) is 11.6 Å². The molecule has 8 nitrogen and oxygen atoms in total. The van der Waals surface area contributed by atoms with E-state index in [1.54, 1.807) is 12.1 Å². The van der Waals surface area contributed by atoms with Gasteiger partial charge in [-0.2, -0.15) is 0 Å². The molecule has 0 saturated heterocycles. The number of benzene rings is 1. The second-order valence-electron chi connectivity index (χ2n) is 5.12. The molecule has 0 aliphatic carbocycles. The van der Waals surface area contributed by atoms with Crippen molar-refractivity contribution in [2.75, 3.05) is 18.5 Å². The number of carbonyl (C=O) groups excluding carboxylic acids is 1. The number of hydrogen-bond acceptors (Lipinski definition) is 5. The molecule has 2 N–H and O–H groups in total. The quantitative estimate of drug-likeness (QED) is 0.858. The lowest BCUT2D eigenvalue weighted by atomic mass is 10.2. The maximum absolute atomic E-state index is 12.1.